The summed E-state index contributed by atoms with van der Waals surface area (Å²) in [4.78, 5) is 12.2. The average molecular weight is 310 g/mol. The molecule has 4 heteroatoms. The highest BCUT2D eigenvalue weighted by atomic mass is 32.1. The lowest BCUT2D eigenvalue weighted by Crippen LogP contribution is -2.17. The first-order valence-corrected chi connectivity index (χ1v) is 8.11. The third kappa shape index (κ3) is 3.03. The van der Waals surface area contributed by atoms with E-state index in [1.54, 1.807) is 11.3 Å². The molecule has 0 saturated carbocycles. The Kier molecular flexibility index (Phi) is 4.22. The Morgan fingerprint density at radius 3 is 2.77 bits per heavy atom. The van der Waals surface area contributed by atoms with Gasteiger partial charge in [0.05, 0.1) is 5.56 Å². The molecule has 3 nitrogen and oxygen atoms in total. The minimum absolute atomic E-state index is 0.227. The number of rotatable bonds is 5. The highest BCUT2D eigenvalue weighted by molar-refractivity contribution is 7.10. The number of carbonyl (C=O) groups excluding carboxylic acids is 1. The summed E-state index contributed by atoms with van der Waals surface area (Å²) in [5.74, 6) is -0.371. The van der Waals surface area contributed by atoms with Crippen molar-refractivity contribution in [2.24, 2.45) is 5.73 Å². The molecule has 0 saturated heterocycles. The second-order valence-electron chi connectivity index (χ2n) is 5.34. The average Bonchev–Trinajstić information content (AvgIpc) is 3.01. The van der Waals surface area contributed by atoms with Gasteiger partial charge in [0.2, 0.25) is 5.91 Å². The van der Waals surface area contributed by atoms with Gasteiger partial charge in [-0.3, -0.25) is 4.79 Å². The highest BCUT2D eigenvalue weighted by Gasteiger charge is 2.10. The van der Waals surface area contributed by atoms with Gasteiger partial charge >= 0.3 is 0 Å². The van der Waals surface area contributed by atoms with E-state index in [2.05, 4.69) is 54.7 Å². The minimum Gasteiger partial charge on any atom is -0.366 e. The number of nitrogens with two attached hydrogens (primary N) is 1. The zero-order chi connectivity index (χ0) is 15.5. The van der Waals surface area contributed by atoms with Gasteiger partial charge in [0, 0.05) is 22.8 Å². The zero-order valence-corrected chi connectivity index (χ0v) is 13.2. The summed E-state index contributed by atoms with van der Waals surface area (Å²) in [6, 6.07) is 16.9. The second-order valence-corrected chi connectivity index (χ2v) is 6.33. The normalized spacial score (nSPS) is 12.4. The summed E-state index contributed by atoms with van der Waals surface area (Å²) in [6.07, 6.45) is 0. The topological polar surface area (TPSA) is 55.1 Å². The largest absolute Gasteiger partial charge is 0.366 e. The molecule has 0 fully saturated rings. The van der Waals surface area contributed by atoms with E-state index in [-0.39, 0.29) is 11.9 Å². The number of hydrogen-bond acceptors (Lipinski definition) is 3. The third-order valence-electron chi connectivity index (χ3n) is 3.81. The standard InChI is InChI=1S/C18H18N2OS/c1-12(20-10-15-9-14(11-22-15)18(19)21)16-8-4-6-13-5-2-3-7-17(13)16/h2-9,11-12,20H,10H2,1H3,(H2,19,21)/t12-/m0/s1. The van der Waals surface area contributed by atoms with Crippen molar-refractivity contribution >= 4 is 28.0 Å². The van der Waals surface area contributed by atoms with Crippen molar-refractivity contribution in [1.29, 1.82) is 0 Å². The van der Waals surface area contributed by atoms with Crippen molar-refractivity contribution in [2.45, 2.75) is 19.5 Å². The van der Waals surface area contributed by atoms with E-state index in [4.69, 9.17) is 5.73 Å². The molecule has 0 radical (unpaired) electrons. The zero-order valence-electron chi connectivity index (χ0n) is 12.4. The molecule has 3 rings (SSSR count). The molecule has 22 heavy (non-hydrogen) atoms. The Hall–Kier alpha value is -2.17. The summed E-state index contributed by atoms with van der Waals surface area (Å²) in [5, 5.41) is 7.85. The number of thiophene rings is 1. The van der Waals surface area contributed by atoms with E-state index < -0.39 is 0 Å². The molecule has 0 bridgehead atoms. The third-order valence-corrected chi connectivity index (χ3v) is 4.75. The number of hydrogen-bond donors (Lipinski definition) is 2. The van der Waals surface area contributed by atoms with Crippen molar-refractivity contribution in [3.05, 3.63) is 69.9 Å². The van der Waals surface area contributed by atoms with Crippen molar-refractivity contribution in [2.75, 3.05) is 0 Å². The smallest absolute Gasteiger partial charge is 0.249 e. The molecule has 0 unspecified atom stereocenters. The molecular weight excluding hydrogens is 292 g/mol. The lowest BCUT2D eigenvalue weighted by atomic mass is 10.00. The van der Waals surface area contributed by atoms with Crippen molar-refractivity contribution < 1.29 is 4.79 Å². The van der Waals surface area contributed by atoms with Crippen LogP contribution in [0.15, 0.2) is 53.9 Å². The van der Waals surface area contributed by atoms with Crippen molar-refractivity contribution in [3.8, 4) is 0 Å². The van der Waals surface area contributed by atoms with Gasteiger partial charge in [-0.05, 0) is 29.3 Å². The molecule has 1 aromatic heterocycles. The summed E-state index contributed by atoms with van der Waals surface area (Å²) in [6.45, 7) is 2.88. The number of fused-ring (bicyclic) bond motifs is 1. The van der Waals surface area contributed by atoms with Crippen molar-refractivity contribution in [3.63, 3.8) is 0 Å². The van der Waals surface area contributed by atoms with Gasteiger partial charge in [-0.1, -0.05) is 42.5 Å². The van der Waals surface area contributed by atoms with E-state index in [0.717, 1.165) is 11.4 Å². The van der Waals surface area contributed by atoms with Crippen LogP contribution in [0.3, 0.4) is 0 Å². The van der Waals surface area contributed by atoms with Gasteiger partial charge in [-0.25, -0.2) is 0 Å². The predicted octanol–water partition coefficient (Wildman–Crippen LogP) is 3.85. The maximum Gasteiger partial charge on any atom is 0.249 e. The van der Waals surface area contributed by atoms with Crippen LogP contribution in [0.5, 0.6) is 0 Å². The van der Waals surface area contributed by atoms with Crippen LogP contribution in [-0.4, -0.2) is 5.91 Å². The molecule has 1 atom stereocenters. The van der Waals surface area contributed by atoms with E-state index in [1.807, 2.05) is 11.4 Å². The van der Waals surface area contributed by atoms with Gasteiger partial charge in [0.25, 0.3) is 0 Å². The summed E-state index contributed by atoms with van der Waals surface area (Å²) in [5.41, 5.74) is 7.15. The fraction of sp³-hybridized carbons (Fsp3) is 0.167. The molecule has 3 aromatic rings. The van der Waals surface area contributed by atoms with Crippen LogP contribution < -0.4 is 11.1 Å². The Bertz CT molecular complexity index is 804. The van der Waals surface area contributed by atoms with E-state index in [9.17, 15) is 4.79 Å². The van der Waals surface area contributed by atoms with Gasteiger partial charge in [0.1, 0.15) is 0 Å². The van der Waals surface area contributed by atoms with Crippen LogP contribution in [-0.2, 0) is 6.54 Å². The van der Waals surface area contributed by atoms with Crippen LogP contribution in [0.4, 0.5) is 0 Å². The highest BCUT2D eigenvalue weighted by Crippen LogP contribution is 2.24. The Balaban J connectivity index is 1.75. The van der Waals surface area contributed by atoms with Gasteiger partial charge < -0.3 is 11.1 Å². The molecule has 3 N–H and O–H groups in total. The Morgan fingerprint density at radius 2 is 2.00 bits per heavy atom. The number of primary amides is 1. The van der Waals surface area contributed by atoms with E-state index in [0.29, 0.717) is 5.56 Å². The van der Waals surface area contributed by atoms with Gasteiger partial charge in [-0.15, -0.1) is 11.3 Å². The minimum atomic E-state index is -0.371. The molecule has 2 aromatic carbocycles. The van der Waals surface area contributed by atoms with Crippen LogP contribution in [0.1, 0.15) is 33.8 Å². The summed E-state index contributed by atoms with van der Waals surface area (Å²) >= 11 is 1.56. The molecule has 0 aliphatic rings. The molecule has 0 spiro atoms. The predicted molar refractivity (Wildman–Crippen MR) is 92.0 cm³/mol. The number of amides is 1. The molecular formula is C18H18N2OS. The van der Waals surface area contributed by atoms with E-state index >= 15 is 0 Å². The van der Waals surface area contributed by atoms with Crippen LogP contribution >= 0.6 is 11.3 Å². The molecule has 0 aliphatic carbocycles. The molecule has 1 heterocycles. The summed E-state index contributed by atoms with van der Waals surface area (Å²) in [7, 11) is 0. The number of benzene rings is 2. The fourth-order valence-electron chi connectivity index (χ4n) is 2.59. The van der Waals surface area contributed by atoms with Crippen LogP contribution in [0.2, 0.25) is 0 Å². The lowest BCUT2D eigenvalue weighted by molar-refractivity contribution is 0.100. The van der Waals surface area contributed by atoms with Crippen molar-refractivity contribution in [1.82, 2.24) is 5.32 Å². The molecule has 1 amide bonds. The lowest BCUT2D eigenvalue weighted by Gasteiger charge is -2.16. The SMILES string of the molecule is C[C@H](NCc1cc(C(N)=O)cs1)c1cccc2ccccc12. The monoisotopic (exact) mass is 310 g/mol. The Morgan fingerprint density at radius 1 is 1.23 bits per heavy atom. The number of carbonyl (C=O) groups is 1. The number of nitrogens with one attached hydrogen (secondary N) is 1. The first-order chi connectivity index (χ1) is 10.6. The quantitative estimate of drug-likeness (QED) is 0.752. The first kappa shape index (κ1) is 14.8. The maximum absolute atomic E-state index is 11.1. The first-order valence-electron chi connectivity index (χ1n) is 7.23. The maximum atomic E-state index is 11.1. The Labute approximate surface area is 133 Å². The molecule has 112 valence electrons. The summed E-state index contributed by atoms with van der Waals surface area (Å²) < 4.78 is 0. The second kappa shape index (κ2) is 6.30. The van der Waals surface area contributed by atoms with Gasteiger partial charge in [-0.2, -0.15) is 0 Å². The van der Waals surface area contributed by atoms with Gasteiger partial charge in [0.15, 0.2) is 0 Å². The fourth-order valence-corrected chi connectivity index (χ4v) is 3.42. The van der Waals surface area contributed by atoms with E-state index in [1.165, 1.54) is 16.3 Å². The van der Waals surface area contributed by atoms with Crippen LogP contribution in [0.25, 0.3) is 10.8 Å². The molecule has 0 aliphatic heterocycles. The van der Waals surface area contributed by atoms with Crippen LogP contribution in [0, 0.1) is 0 Å².